The minimum atomic E-state index is 0.643. The lowest BCUT2D eigenvalue weighted by Crippen LogP contribution is -2.35. The van der Waals surface area contributed by atoms with Crippen molar-refractivity contribution in [1.29, 1.82) is 0 Å². The Balaban J connectivity index is 1.90. The zero-order valence-electron chi connectivity index (χ0n) is 9.93. The molecule has 3 rings (SSSR count). The SMILES string of the molecule is Cc1cc(NN2CCCCC2)n2ncnc2n1. The van der Waals surface area contributed by atoms with Crippen LogP contribution in [0.15, 0.2) is 12.4 Å². The fourth-order valence-corrected chi connectivity index (χ4v) is 2.18. The van der Waals surface area contributed by atoms with Gasteiger partial charge in [-0.25, -0.2) is 9.99 Å². The molecule has 0 aromatic carbocycles. The van der Waals surface area contributed by atoms with Gasteiger partial charge in [-0.1, -0.05) is 6.42 Å². The maximum absolute atomic E-state index is 4.32. The second-order valence-corrected chi connectivity index (χ2v) is 4.41. The molecule has 6 nitrogen and oxygen atoms in total. The summed E-state index contributed by atoms with van der Waals surface area (Å²) in [7, 11) is 0. The zero-order chi connectivity index (χ0) is 11.7. The number of fused-ring (bicyclic) bond motifs is 1. The Morgan fingerprint density at radius 3 is 2.88 bits per heavy atom. The molecule has 0 unspecified atom stereocenters. The highest BCUT2D eigenvalue weighted by Gasteiger charge is 2.12. The van der Waals surface area contributed by atoms with E-state index in [9.17, 15) is 0 Å². The molecule has 3 heterocycles. The number of nitrogens with one attached hydrogen (secondary N) is 1. The van der Waals surface area contributed by atoms with Crippen molar-refractivity contribution < 1.29 is 0 Å². The van der Waals surface area contributed by atoms with Crippen LogP contribution in [0.1, 0.15) is 25.0 Å². The van der Waals surface area contributed by atoms with E-state index in [0.29, 0.717) is 5.78 Å². The van der Waals surface area contributed by atoms with Crippen LogP contribution in [0.4, 0.5) is 5.82 Å². The molecule has 1 aliphatic heterocycles. The number of aryl methyl sites for hydroxylation is 1. The summed E-state index contributed by atoms with van der Waals surface area (Å²) in [5.74, 6) is 1.58. The van der Waals surface area contributed by atoms with Gasteiger partial charge in [0.2, 0.25) is 0 Å². The summed E-state index contributed by atoms with van der Waals surface area (Å²) in [5, 5.41) is 6.41. The van der Waals surface area contributed by atoms with Crippen molar-refractivity contribution in [3.63, 3.8) is 0 Å². The molecule has 2 aromatic heterocycles. The normalized spacial score (nSPS) is 17.5. The van der Waals surface area contributed by atoms with E-state index >= 15 is 0 Å². The van der Waals surface area contributed by atoms with Crippen LogP contribution in [0.25, 0.3) is 5.78 Å². The second-order valence-electron chi connectivity index (χ2n) is 4.41. The largest absolute Gasteiger partial charge is 0.303 e. The van der Waals surface area contributed by atoms with Crippen molar-refractivity contribution in [2.75, 3.05) is 18.5 Å². The Labute approximate surface area is 99.6 Å². The first kappa shape index (κ1) is 10.5. The van der Waals surface area contributed by atoms with Gasteiger partial charge in [0, 0.05) is 24.8 Å². The molecule has 17 heavy (non-hydrogen) atoms. The van der Waals surface area contributed by atoms with Crippen LogP contribution in [-0.2, 0) is 0 Å². The maximum atomic E-state index is 4.32. The van der Waals surface area contributed by atoms with Crippen LogP contribution in [0.2, 0.25) is 0 Å². The molecule has 0 bridgehead atoms. The highest BCUT2D eigenvalue weighted by atomic mass is 15.5. The molecule has 0 amide bonds. The van der Waals surface area contributed by atoms with Gasteiger partial charge in [-0.2, -0.15) is 14.6 Å². The van der Waals surface area contributed by atoms with Gasteiger partial charge in [0.15, 0.2) is 0 Å². The number of hydrogen-bond donors (Lipinski definition) is 1. The van der Waals surface area contributed by atoms with E-state index in [4.69, 9.17) is 0 Å². The third-order valence-corrected chi connectivity index (χ3v) is 3.01. The summed E-state index contributed by atoms with van der Waals surface area (Å²) in [6.45, 7) is 4.13. The third kappa shape index (κ3) is 2.08. The standard InChI is InChI=1S/C11H16N6/c1-9-7-10(15-16-5-3-2-4-6-16)17-11(14-9)12-8-13-17/h7-8,15H,2-6H2,1H3. The minimum absolute atomic E-state index is 0.643. The van der Waals surface area contributed by atoms with Gasteiger partial charge in [0.25, 0.3) is 5.78 Å². The molecule has 0 spiro atoms. The monoisotopic (exact) mass is 232 g/mol. The van der Waals surface area contributed by atoms with Crippen molar-refractivity contribution >= 4 is 11.6 Å². The van der Waals surface area contributed by atoms with Crippen LogP contribution >= 0.6 is 0 Å². The Morgan fingerprint density at radius 2 is 2.06 bits per heavy atom. The lowest BCUT2D eigenvalue weighted by molar-refractivity contribution is 0.271. The molecular formula is C11H16N6. The Morgan fingerprint density at radius 1 is 1.24 bits per heavy atom. The molecule has 1 aliphatic rings. The average Bonchev–Trinajstić information content (AvgIpc) is 2.78. The molecule has 0 aliphatic carbocycles. The fraction of sp³-hybridized carbons (Fsp3) is 0.545. The van der Waals surface area contributed by atoms with Crippen molar-refractivity contribution in [2.24, 2.45) is 0 Å². The van der Waals surface area contributed by atoms with Crippen molar-refractivity contribution in [3.05, 3.63) is 18.1 Å². The molecule has 1 fully saturated rings. The van der Waals surface area contributed by atoms with Gasteiger partial charge in [0.1, 0.15) is 12.1 Å². The van der Waals surface area contributed by atoms with Crippen LogP contribution in [0.3, 0.4) is 0 Å². The summed E-state index contributed by atoms with van der Waals surface area (Å²) in [5.41, 5.74) is 4.35. The molecule has 1 N–H and O–H groups in total. The Kier molecular flexibility index (Phi) is 2.64. The van der Waals surface area contributed by atoms with E-state index in [1.165, 1.54) is 25.6 Å². The number of anilines is 1. The highest BCUT2D eigenvalue weighted by Crippen LogP contribution is 2.14. The van der Waals surface area contributed by atoms with Crippen molar-refractivity contribution in [2.45, 2.75) is 26.2 Å². The van der Waals surface area contributed by atoms with E-state index in [1.807, 2.05) is 13.0 Å². The molecule has 0 radical (unpaired) electrons. The number of hydrogen-bond acceptors (Lipinski definition) is 5. The van der Waals surface area contributed by atoms with Crippen LogP contribution in [-0.4, -0.2) is 37.7 Å². The quantitative estimate of drug-likeness (QED) is 0.844. The van der Waals surface area contributed by atoms with Gasteiger partial charge in [-0.3, -0.25) is 0 Å². The van der Waals surface area contributed by atoms with Gasteiger partial charge in [-0.15, -0.1) is 0 Å². The predicted molar refractivity (Wildman–Crippen MR) is 64.6 cm³/mol. The lowest BCUT2D eigenvalue weighted by Gasteiger charge is -2.27. The molecule has 2 aromatic rings. The third-order valence-electron chi connectivity index (χ3n) is 3.01. The van der Waals surface area contributed by atoms with Crippen LogP contribution in [0.5, 0.6) is 0 Å². The van der Waals surface area contributed by atoms with E-state index in [2.05, 4.69) is 25.5 Å². The first-order valence-corrected chi connectivity index (χ1v) is 6.02. The Bertz CT molecular complexity index is 514. The average molecular weight is 232 g/mol. The fourth-order valence-electron chi connectivity index (χ4n) is 2.18. The molecule has 6 heteroatoms. The second kappa shape index (κ2) is 4.29. The number of aromatic nitrogens is 4. The maximum Gasteiger partial charge on any atom is 0.254 e. The molecule has 1 saturated heterocycles. The first-order chi connectivity index (χ1) is 8.33. The minimum Gasteiger partial charge on any atom is -0.303 e. The van der Waals surface area contributed by atoms with Crippen molar-refractivity contribution in [1.82, 2.24) is 24.6 Å². The van der Waals surface area contributed by atoms with E-state index < -0.39 is 0 Å². The highest BCUT2D eigenvalue weighted by molar-refractivity contribution is 5.43. The smallest absolute Gasteiger partial charge is 0.254 e. The van der Waals surface area contributed by atoms with Gasteiger partial charge in [0.05, 0.1) is 0 Å². The van der Waals surface area contributed by atoms with E-state index in [1.54, 1.807) is 4.52 Å². The molecule has 0 atom stereocenters. The number of nitrogens with zero attached hydrogens (tertiary/aromatic N) is 5. The van der Waals surface area contributed by atoms with Gasteiger partial charge < -0.3 is 5.43 Å². The lowest BCUT2D eigenvalue weighted by atomic mass is 10.2. The predicted octanol–water partition coefficient (Wildman–Crippen LogP) is 1.25. The Hall–Kier alpha value is -1.69. The van der Waals surface area contributed by atoms with E-state index in [-0.39, 0.29) is 0 Å². The summed E-state index contributed by atoms with van der Waals surface area (Å²) >= 11 is 0. The summed E-state index contributed by atoms with van der Waals surface area (Å²) in [6, 6.07) is 2.00. The first-order valence-electron chi connectivity index (χ1n) is 6.02. The topological polar surface area (TPSA) is 58.4 Å². The molecular weight excluding hydrogens is 216 g/mol. The number of hydrazine groups is 1. The van der Waals surface area contributed by atoms with Crippen LogP contribution < -0.4 is 5.43 Å². The number of rotatable bonds is 2. The summed E-state index contributed by atoms with van der Waals surface area (Å²) in [4.78, 5) is 8.44. The van der Waals surface area contributed by atoms with Crippen LogP contribution in [0, 0.1) is 6.92 Å². The summed E-state index contributed by atoms with van der Waals surface area (Å²) < 4.78 is 1.74. The summed E-state index contributed by atoms with van der Waals surface area (Å²) in [6.07, 6.45) is 5.35. The van der Waals surface area contributed by atoms with Crippen molar-refractivity contribution in [3.8, 4) is 0 Å². The zero-order valence-corrected chi connectivity index (χ0v) is 9.93. The number of piperidine rings is 1. The van der Waals surface area contributed by atoms with E-state index in [0.717, 1.165) is 24.6 Å². The molecule has 0 saturated carbocycles. The van der Waals surface area contributed by atoms with Gasteiger partial charge >= 0.3 is 0 Å². The molecule has 90 valence electrons. The van der Waals surface area contributed by atoms with Gasteiger partial charge in [-0.05, 0) is 19.8 Å².